The van der Waals surface area contributed by atoms with E-state index in [-0.39, 0.29) is 23.3 Å². The van der Waals surface area contributed by atoms with Crippen molar-refractivity contribution in [2.24, 2.45) is 0 Å². The van der Waals surface area contributed by atoms with Gasteiger partial charge in [0.25, 0.3) is 0 Å². The van der Waals surface area contributed by atoms with Gasteiger partial charge in [-0.3, -0.25) is 0 Å². The molecule has 22 heavy (non-hydrogen) atoms. The maximum absolute atomic E-state index is 13.1. The summed E-state index contributed by atoms with van der Waals surface area (Å²) in [4.78, 5) is 7.78. The molecule has 0 atom stereocenters. The molecular formula is C14H18F3N5. The fourth-order valence-electron chi connectivity index (χ4n) is 2.32. The summed E-state index contributed by atoms with van der Waals surface area (Å²) < 4.78 is 39.2. The van der Waals surface area contributed by atoms with Crippen LogP contribution >= 0.6 is 0 Å². The van der Waals surface area contributed by atoms with Crippen molar-refractivity contribution in [1.29, 1.82) is 5.41 Å². The molecule has 0 amide bonds. The fraction of sp³-hybridized carbons (Fsp3) is 0.500. The predicted octanol–water partition coefficient (Wildman–Crippen LogP) is 2.71. The molecule has 120 valence electrons. The summed E-state index contributed by atoms with van der Waals surface area (Å²) >= 11 is 0. The Kier molecular flexibility index (Phi) is 5.12. The first kappa shape index (κ1) is 16.4. The molecule has 0 radical (unpaired) electrons. The van der Waals surface area contributed by atoms with Crippen molar-refractivity contribution in [1.82, 2.24) is 15.3 Å². The molecule has 0 saturated carbocycles. The molecule has 8 heteroatoms. The summed E-state index contributed by atoms with van der Waals surface area (Å²) in [6.45, 7) is 3.28. The van der Waals surface area contributed by atoms with Crippen LogP contribution < -0.4 is 10.6 Å². The number of anilines is 1. The van der Waals surface area contributed by atoms with E-state index < -0.39 is 11.7 Å². The first-order valence-electron chi connectivity index (χ1n) is 7.04. The molecule has 0 aliphatic carbocycles. The Labute approximate surface area is 126 Å². The van der Waals surface area contributed by atoms with Gasteiger partial charge in [0.2, 0.25) is 5.95 Å². The predicted molar refractivity (Wildman–Crippen MR) is 79.0 cm³/mol. The Balaban J connectivity index is 2.34. The minimum absolute atomic E-state index is 0.114. The van der Waals surface area contributed by atoms with E-state index in [1.807, 2.05) is 0 Å². The molecule has 0 spiro atoms. The SMILES string of the molecule is C/C=C(\C=N)c1nc(NC2CCNCC2)ncc1C(F)(F)F. The van der Waals surface area contributed by atoms with E-state index in [1.165, 1.54) is 6.08 Å². The lowest BCUT2D eigenvalue weighted by atomic mass is 10.1. The Hall–Kier alpha value is -1.96. The third-order valence-electron chi connectivity index (χ3n) is 3.51. The number of nitrogens with zero attached hydrogens (tertiary/aromatic N) is 2. The van der Waals surface area contributed by atoms with E-state index in [9.17, 15) is 13.2 Å². The fourth-order valence-corrected chi connectivity index (χ4v) is 2.32. The lowest BCUT2D eigenvalue weighted by Crippen LogP contribution is -2.35. The van der Waals surface area contributed by atoms with Crippen LogP contribution in [0.4, 0.5) is 19.1 Å². The maximum Gasteiger partial charge on any atom is 0.419 e. The normalized spacial score (nSPS) is 17.4. The maximum atomic E-state index is 13.1. The molecule has 2 rings (SSSR count). The highest BCUT2D eigenvalue weighted by atomic mass is 19.4. The van der Waals surface area contributed by atoms with Gasteiger partial charge in [0, 0.05) is 24.0 Å². The molecule has 0 aromatic carbocycles. The van der Waals surface area contributed by atoms with Crippen LogP contribution in [0, 0.1) is 5.41 Å². The number of piperidine rings is 1. The molecule has 0 bridgehead atoms. The molecule has 1 fully saturated rings. The molecule has 1 aliphatic rings. The number of hydrogen-bond donors (Lipinski definition) is 3. The summed E-state index contributed by atoms with van der Waals surface area (Å²) in [5.41, 5.74) is -1.08. The van der Waals surface area contributed by atoms with E-state index in [1.54, 1.807) is 6.92 Å². The van der Waals surface area contributed by atoms with E-state index in [0.717, 1.165) is 38.3 Å². The van der Waals surface area contributed by atoms with Crippen LogP contribution in [0.25, 0.3) is 5.57 Å². The third-order valence-corrected chi connectivity index (χ3v) is 3.51. The van der Waals surface area contributed by atoms with Gasteiger partial charge in [-0.25, -0.2) is 9.97 Å². The first-order chi connectivity index (χ1) is 10.5. The number of allylic oxidation sites excluding steroid dienone is 2. The number of halogens is 3. The Morgan fingerprint density at radius 1 is 1.41 bits per heavy atom. The molecule has 1 saturated heterocycles. The van der Waals surface area contributed by atoms with Crippen LogP contribution in [0.3, 0.4) is 0 Å². The number of aromatic nitrogens is 2. The molecule has 0 unspecified atom stereocenters. The highest BCUT2D eigenvalue weighted by Gasteiger charge is 2.35. The van der Waals surface area contributed by atoms with Gasteiger partial charge in [-0.1, -0.05) is 6.08 Å². The Bertz CT molecular complexity index is 562. The van der Waals surface area contributed by atoms with Gasteiger partial charge in [0.05, 0.1) is 5.69 Å². The zero-order valence-corrected chi connectivity index (χ0v) is 12.2. The van der Waals surface area contributed by atoms with Crippen molar-refractivity contribution in [2.75, 3.05) is 18.4 Å². The minimum atomic E-state index is -4.56. The van der Waals surface area contributed by atoms with E-state index >= 15 is 0 Å². The van der Waals surface area contributed by atoms with E-state index in [0.29, 0.717) is 0 Å². The van der Waals surface area contributed by atoms with Crippen molar-refractivity contribution < 1.29 is 13.2 Å². The van der Waals surface area contributed by atoms with Crippen LogP contribution in [0.5, 0.6) is 0 Å². The second-order valence-electron chi connectivity index (χ2n) is 5.01. The molecular weight excluding hydrogens is 295 g/mol. The van der Waals surface area contributed by atoms with Gasteiger partial charge in [-0.2, -0.15) is 13.2 Å². The molecule has 5 nitrogen and oxygen atoms in total. The largest absolute Gasteiger partial charge is 0.419 e. The summed E-state index contributed by atoms with van der Waals surface area (Å²) in [5, 5.41) is 13.6. The molecule has 1 aromatic heterocycles. The first-order valence-corrected chi connectivity index (χ1v) is 7.04. The summed E-state index contributed by atoms with van der Waals surface area (Å²) in [6, 6.07) is 0.139. The van der Waals surface area contributed by atoms with Crippen molar-refractivity contribution in [3.05, 3.63) is 23.5 Å². The monoisotopic (exact) mass is 313 g/mol. The quantitative estimate of drug-likeness (QED) is 0.747. The highest BCUT2D eigenvalue weighted by molar-refractivity contribution is 6.08. The van der Waals surface area contributed by atoms with Crippen molar-refractivity contribution in [3.8, 4) is 0 Å². The second-order valence-corrected chi connectivity index (χ2v) is 5.01. The number of alkyl halides is 3. The van der Waals surface area contributed by atoms with Crippen LogP contribution in [-0.4, -0.2) is 35.3 Å². The minimum Gasteiger partial charge on any atom is -0.351 e. The summed E-state index contributed by atoms with van der Waals surface area (Å²) in [6.07, 6.45) is 0.241. The van der Waals surface area contributed by atoms with Gasteiger partial charge >= 0.3 is 6.18 Å². The number of hydrogen-bond acceptors (Lipinski definition) is 5. The summed E-state index contributed by atoms with van der Waals surface area (Å²) in [5.74, 6) is 0.163. The van der Waals surface area contributed by atoms with E-state index in [2.05, 4.69) is 20.6 Å². The lowest BCUT2D eigenvalue weighted by Gasteiger charge is -2.24. The second kappa shape index (κ2) is 6.87. The highest BCUT2D eigenvalue weighted by Crippen LogP contribution is 2.33. The lowest BCUT2D eigenvalue weighted by molar-refractivity contribution is -0.138. The van der Waals surface area contributed by atoms with Crippen molar-refractivity contribution in [3.63, 3.8) is 0 Å². The Morgan fingerprint density at radius 3 is 2.64 bits per heavy atom. The smallest absolute Gasteiger partial charge is 0.351 e. The van der Waals surface area contributed by atoms with E-state index in [4.69, 9.17) is 5.41 Å². The van der Waals surface area contributed by atoms with Gasteiger partial charge in [-0.15, -0.1) is 0 Å². The topological polar surface area (TPSA) is 73.7 Å². The molecule has 1 aliphatic heterocycles. The van der Waals surface area contributed by atoms with Gasteiger partial charge in [-0.05, 0) is 32.9 Å². The van der Waals surface area contributed by atoms with Crippen molar-refractivity contribution >= 4 is 17.7 Å². The van der Waals surface area contributed by atoms with Crippen LogP contribution in [0.2, 0.25) is 0 Å². The number of nitrogens with one attached hydrogen (secondary N) is 3. The Morgan fingerprint density at radius 2 is 2.09 bits per heavy atom. The average Bonchev–Trinajstić information content (AvgIpc) is 2.48. The molecule has 3 N–H and O–H groups in total. The van der Waals surface area contributed by atoms with Gasteiger partial charge in [0.15, 0.2) is 0 Å². The number of rotatable bonds is 4. The standard InChI is InChI=1S/C14H18F3N5/c1-2-9(7-18)12-11(14(15,16)17)8-20-13(22-12)21-10-3-5-19-6-4-10/h2,7-8,10,18-19H,3-6H2,1H3,(H,20,21,22)/b9-2+,18-7?. The van der Waals surface area contributed by atoms with Crippen LogP contribution in [0.1, 0.15) is 31.0 Å². The molecule has 1 aromatic rings. The zero-order chi connectivity index (χ0) is 16.2. The van der Waals surface area contributed by atoms with Crippen LogP contribution in [-0.2, 0) is 6.18 Å². The zero-order valence-electron chi connectivity index (χ0n) is 12.2. The summed E-state index contributed by atoms with van der Waals surface area (Å²) in [7, 11) is 0. The average molecular weight is 313 g/mol. The third kappa shape index (κ3) is 3.82. The van der Waals surface area contributed by atoms with Gasteiger partial charge < -0.3 is 16.0 Å². The molecule has 2 heterocycles. The van der Waals surface area contributed by atoms with Crippen LogP contribution in [0.15, 0.2) is 12.3 Å². The van der Waals surface area contributed by atoms with Crippen molar-refractivity contribution in [2.45, 2.75) is 32.0 Å². The van der Waals surface area contributed by atoms with Gasteiger partial charge in [0.1, 0.15) is 5.56 Å².